The van der Waals surface area contributed by atoms with Gasteiger partial charge in [0.05, 0.1) is 26.5 Å². The average Bonchev–Trinajstić information content (AvgIpc) is 2.74. The fourth-order valence-corrected chi connectivity index (χ4v) is 5.25. The second kappa shape index (κ2) is 10.7. The van der Waals surface area contributed by atoms with Crippen LogP contribution in [0.4, 0.5) is 0 Å². The van der Waals surface area contributed by atoms with Crippen molar-refractivity contribution in [2.24, 2.45) is 0 Å². The lowest BCUT2D eigenvalue weighted by molar-refractivity contribution is 0.153. The van der Waals surface area contributed by atoms with E-state index in [0.29, 0.717) is 12.6 Å². The molecular formula is C26H38N4O2S. The van der Waals surface area contributed by atoms with Crippen LogP contribution < -0.4 is 20.1 Å². The molecule has 1 aliphatic heterocycles. The maximum Gasteiger partial charge on any atom is 0.169 e. The van der Waals surface area contributed by atoms with Crippen molar-refractivity contribution in [1.82, 2.24) is 20.5 Å². The molecule has 1 aromatic carbocycles. The largest absolute Gasteiger partial charge is 0.493 e. The molecule has 2 N–H and O–H groups in total. The third kappa shape index (κ3) is 7.30. The van der Waals surface area contributed by atoms with Gasteiger partial charge in [0.25, 0.3) is 0 Å². The summed E-state index contributed by atoms with van der Waals surface area (Å²) in [5.74, 6) is 1.48. The van der Waals surface area contributed by atoms with Gasteiger partial charge in [0.2, 0.25) is 0 Å². The average molecular weight is 471 g/mol. The van der Waals surface area contributed by atoms with Gasteiger partial charge in [0.15, 0.2) is 16.6 Å². The highest BCUT2D eigenvalue weighted by Gasteiger charge is 2.38. The molecule has 0 bridgehead atoms. The number of nitrogens with one attached hydrogen (secondary N) is 2. The number of ether oxygens (including phenoxy) is 2. The van der Waals surface area contributed by atoms with E-state index in [9.17, 15) is 0 Å². The first-order valence-corrected chi connectivity index (χ1v) is 12.0. The monoisotopic (exact) mass is 470 g/mol. The third-order valence-electron chi connectivity index (χ3n) is 6.00. The summed E-state index contributed by atoms with van der Waals surface area (Å²) in [6, 6.07) is 12.4. The Morgan fingerprint density at radius 2 is 1.79 bits per heavy atom. The van der Waals surface area contributed by atoms with E-state index in [0.717, 1.165) is 48.1 Å². The van der Waals surface area contributed by atoms with Gasteiger partial charge in [0, 0.05) is 29.9 Å². The lowest BCUT2D eigenvalue weighted by atomic mass is 9.80. The fourth-order valence-electron chi connectivity index (χ4n) is 4.93. The Kier molecular flexibility index (Phi) is 8.19. The smallest absolute Gasteiger partial charge is 0.169 e. The van der Waals surface area contributed by atoms with Crippen molar-refractivity contribution >= 4 is 17.3 Å². The minimum atomic E-state index is 0.0560. The van der Waals surface area contributed by atoms with Crippen LogP contribution >= 0.6 is 12.2 Å². The zero-order valence-electron chi connectivity index (χ0n) is 20.8. The normalized spacial score (nSPS) is 17.3. The van der Waals surface area contributed by atoms with Gasteiger partial charge in [-0.2, -0.15) is 0 Å². The van der Waals surface area contributed by atoms with Crippen LogP contribution in [0.1, 0.15) is 51.8 Å². The predicted molar refractivity (Wildman–Crippen MR) is 138 cm³/mol. The van der Waals surface area contributed by atoms with Gasteiger partial charge in [-0.3, -0.25) is 4.98 Å². The first-order valence-electron chi connectivity index (χ1n) is 11.6. The van der Waals surface area contributed by atoms with Crippen LogP contribution in [-0.4, -0.2) is 52.9 Å². The summed E-state index contributed by atoms with van der Waals surface area (Å²) in [5, 5.41) is 8.19. The van der Waals surface area contributed by atoms with Crippen molar-refractivity contribution in [3.05, 3.63) is 53.9 Å². The third-order valence-corrected chi connectivity index (χ3v) is 6.38. The Hall–Kier alpha value is -2.38. The molecule has 7 heteroatoms. The van der Waals surface area contributed by atoms with Crippen molar-refractivity contribution in [3.63, 3.8) is 0 Å². The predicted octanol–water partition coefficient (Wildman–Crippen LogP) is 4.33. The van der Waals surface area contributed by atoms with Gasteiger partial charge >= 0.3 is 0 Å². The van der Waals surface area contributed by atoms with Crippen LogP contribution in [-0.2, 0) is 13.0 Å². The highest BCUT2D eigenvalue weighted by molar-refractivity contribution is 7.80. The molecule has 2 heterocycles. The van der Waals surface area contributed by atoms with E-state index < -0.39 is 0 Å². The number of nitrogens with zero attached hydrogens (tertiary/aromatic N) is 2. The maximum absolute atomic E-state index is 5.93. The van der Waals surface area contributed by atoms with E-state index in [4.69, 9.17) is 21.7 Å². The van der Waals surface area contributed by atoms with Crippen molar-refractivity contribution in [3.8, 4) is 11.5 Å². The van der Waals surface area contributed by atoms with Crippen LogP contribution in [0, 0.1) is 0 Å². The Bertz CT molecular complexity index is 917. The zero-order chi connectivity index (χ0) is 24.1. The van der Waals surface area contributed by atoms with Crippen molar-refractivity contribution < 1.29 is 9.47 Å². The van der Waals surface area contributed by atoms with Crippen LogP contribution in [0.15, 0.2) is 42.6 Å². The second-order valence-electron chi connectivity index (χ2n) is 10.1. The van der Waals surface area contributed by atoms with Gasteiger partial charge in [-0.1, -0.05) is 12.1 Å². The van der Waals surface area contributed by atoms with Crippen LogP contribution in [0.5, 0.6) is 11.5 Å². The molecule has 0 aliphatic carbocycles. The van der Waals surface area contributed by atoms with E-state index in [1.165, 1.54) is 5.56 Å². The highest BCUT2D eigenvalue weighted by atomic mass is 32.1. The van der Waals surface area contributed by atoms with Gasteiger partial charge in [0.1, 0.15) is 0 Å². The molecule has 2 aromatic rings. The van der Waals surface area contributed by atoms with Crippen molar-refractivity contribution in [1.29, 1.82) is 0 Å². The topological polar surface area (TPSA) is 58.7 Å². The van der Waals surface area contributed by atoms with Gasteiger partial charge in [-0.15, -0.1) is 0 Å². The second-order valence-corrected chi connectivity index (χ2v) is 10.5. The first-order chi connectivity index (χ1) is 15.6. The number of thiocarbonyl (C=S) groups is 1. The molecule has 6 nitrogen and oxygen atoms in total. The standard InChI is InChI=1S/C26H38N4O2S/c1-25(2)16-21(17-26(3,4)29-25)28-24(33)30(18-20-9-7-8-13-27-20)14-12-19-10-11-22(31-5)23(15-19)32-6/h7-11,13,15,21,29H,12,14,16-18H2,1-6H3,(H,28,33). The molecule has 180 valence electrons. The Morgan fingerprint density at radius 3 is 2.39 bits per heavy atom. The molecule has 0 atom stereocenters. The molecule has 33 heavy (non-hydrogen) atoms. The fraction of sp³-hybridized carbons (Fsp3) is 0.538. The van der Waals surface area contributed by atoms with Gasteiger partial charge in [-0.25, -0.2) is 0 Å². The minimum Gasteiger partial charge on any atom is -0.493 e. The van der Waals surface area contributed by atoms with Crippen molar-refractivity contribution in [2.45, 2.75) is 70.6 Å². The summed E-state index contributed by atoms with van der Waals surface area (Å²) in [7, 11) is 3.32. The number of pyridine rings is 1. The Balaban J connectivity index is 1.73. The molecule has 0 saturated carbocycles. The summed E-state index contributed by atoms with van der Waals surface area (Å²) in [4.78, 5) is 6.74. The molecule has 1 saturated heterocycles. The summed E-state index contributed by atoms with van der Waals surface area (Å²) in [6.07, 6.45) is 4.70. The molecule has 1 aliphatic rings. The Morgan fingerprint density at radius 1 is 1.09 bits per heavy atom. The van der Waals surface area contributed by atoms with Gasteiger partial charge < -0.3 is 25.0 Å². The molecule has 0 amide bonds. The van der Waals surface area contributed by atoms with Crippen LogP contribution in [0.2, 0.25) is 0 Å². The van der Waals surface area contributed by atoms with Gasteiger partial charge in [-0.05, 0) is 89.0 Å². The number of benzene rings is 1. The molecule has 1 aromatic heterocycles. The number of methoxy groups -OCH3 is 2. The van der Waals surface area contributed by atoms with E-state index >= 15 is 0 Å². The van der Waals surface area contributed by atoms with E-state index in [1.54, 1.807) is 14.2 Å². The maximum atomic E-state index is 5.93. The number of rotatable bonds is 8. The molecule has 0 spiro atoms. The number of piperidine rings is 1. The van der Waals surface area contributed by atoms with Crippen LogP contribution in [0.25, 0.3) is 0 Å². The number of hydrogen-bond acceptors (Lipinski definition) is 5. The molecule has 1 fully saturated rings. The zero-order valence-corrected chi connectivity index (χ0v) is 21.6. The summed E-state index contributed by atoms with van der Waals surface area (Å²) < 4.78 is 10.8. The SMILES string of the molecule is COc1ccc(CCN(Cc2ccccn2)C(=S)NC2CC(C)(C)NC(C)(C)C2)cc1OC. The molecule has 0 radical (unpaired) electrons. The molecule has 3 rings (SSSR count). The quantitative estimate of drug-likeness (QED) is 0.557. The summed E-state index contributed by atoms with van der Waals surface area (Å²) in [5.41, 5.74) is 2.28. The highest BCUT2D eigenvalue weighted by Crippen LogP contribution is 2.29. The number of aromatic nitrogens is 1. The van der Waals surface area contributed by atoms with E-state index in [2.05, 4.69) is 54.3 Å². The lowest BCUT2D eigenvalue weighted by Gasteiger charge is -2.47. The summed E-state index contributed by atoms with van der Waals surface area (Å²) >= 11 is 5.93. The van der Waals surface area contributed by atoms with E-state index in [1.807, 2.05) is 36.5 Å². The Labute approximate surface area is 204 Å². The summed E-state index contributed by atoms with van der Waals surface area (Å²) in [6.45, 7) is 10.5. The number of hydrogen-bond donors (Lipinski definition) is 2. The molecular weight excluding hydrogens is 432 g/mol. The lowest BCUT2D eigenvalue weighted by Crippen LogP contribution is -2.62. The van der Waals surface area contributed by atoms with Crippen molar-refractivity contribution in [2.75, 3.05) is 20.8 Å². The first kappa shape index (κ1) is 25.2. The molecule has 0 unspecified atom stereocenters. The minimum absolute atomic E-state index is 0.0560. The van der Waals surface area contributed by atoms with E-state index in [-0.39, 0.29) is 11.1 Å². The van der Waals surface area contributed by atoms with Crippen LogP contribution in [0.3, 0.4) is 0 Å².